The molecular weight excluding hydrogens is 387 g/mol. The van der Waals surface area contributed by atoms with Gasteiger partial charge in [0.2, 0.25) is 5.91 Å². The molecule has 1 aromatic carbocycles. The second-order valence-electron chi connectivity index (χ2n) is 8.27. The Morgan fingerprint density at radius 3 is 2.63 bits per heavy atom. The molecule has 6 nitrogen and oxygen atoms in total. The molecule has 8 heteroatoms. The van der Waals surface area contributed by atoms with Crippen LogP contribution in [0, 0.1) is 5.41 Å². The number of amides is 1. The van der Waals surface area contributed by atoms with Crippen molar-refractivity contribution in [3.05, 3.63) is 29.0 Å². The number of anilines is 1. The van der Waals surface area contributed by atoms with Gasteiger partial charge in [0.05, 0.1) is 16.1 Å². The molecule has 1 amide bonds. The number of hydrogen-bond acceptors (Lipinski definition) is 5. The third-order valence-electron chi connectivity index (χ3n) is 4.54. The first-order valence-corrected chi connectivity index (χ1v) is 9.27. The van der Waals surface area contributed by atoms with E-state index in [4.69, 9.17) is 21.9 Å². The van der Waals surface area contributed by atoms with Crippen LogP contribution in [0.2, 0.25) is 5.02 Å². The molecule has 1 aliphatic rings. The van der Waals surface area contributed by atoms with Crippen LogP contribution in [-0.4, -0.2) is 16.0 Å². The fraction of sp³-hybridized carbons (Fsp3) is 0.526. The molecule has 1 heterocycles. The Bertz CT molecular complexity index is 808. The number of carbonyl (C=O) groups is 1. The molecule has 0 unspecified atom stereocenters. The van der Waals surface area contributed by atoms with Crippen LogP contribution in [0.4, 0.5) is 5.69 Å². The van der Waals surface area contributed by atoms with Gasteiger partial charge < -0.3 is 15.6 Å². The third-order valence-corrected chi connectivity index (χ3v) is 4.87. The minimum atomic E-state index is -0.521. The Balaban J connectivity index is 0.00000261. The van der Waals surface area contributed by atoms with Crippen LogP contribution in [0.3, 0.4) is 0 Å². The Hall–Kier alpha value is -1.63. The summed E-state index contributed by atoms with van der Waals surface area (Å²) in [6.45, 7) is 6.06. The summed E-state index contributed by atoms with van der Waals surface area (Å²) in [6.07, 6.45) is 4.25. The predicted molar refractivity (Wildman–Crippen MR) is 109 cm³/mol. The molecule has 0 atom stereocenters. The largest absolute Gasteiger partial charge is 0.334 e. The van der Waals surface area contributed by atoms with Crippen molar-refractivity contribution >= 4 is 35.6 Å². The van der Waals surface area contributed by atoms with Crippen LogP contribution in [0.1, 0.15) is 58.7 Å². The summed E-state index contributed by atoms with van der Waals surface area (Å²) in [6, 6.07) is 5.21. The number of rotatable bonds is 4. The average Bonchev–Trinajstić information content (AvgIpc) is 3.17. The quantitative estimate of drug-likeness (QED) is 0.743. The second kappa shape index (κ2) is 8.17. The van der Waals surface area contributed by atoms with E-state index in [0.717, 1.165) is 25.7 Å². The maximum Gasteiger partial charge on any atom is 0.259 e. The number of nitrogens with one attached hydrogen (secondary N) is 1. The zero-order chi connectivity index (χ0) is 18.9. The van der Waals surface area contributed by atoms with E-state index in [-0.39, 0.29) is 23.7 Å². The summed E-state index contributed by atoms with van der Waals surface area (Å²) in [5.74, 6) is 0.778. The van der Waals surface area contributed by atoms with E-state index in [9.17, 15) is 4.79 Å². The van der Waals surface area contributed by atoms with Gasteiger partial charge in [-0.2, -0.15) is 4.98 Å². The van der Waals surface area contributed by atoms with Crippen molar-refractivity contribution in [3.8, 4) is 11.5 Å². The van der Waals surface area contributed by atoms with Gasteiger partial charge in [0.15, 0.2) is 5.82 Å². The van der Waals surface area contributed by atoms with Gasteiger partial charge in [-0.05, 0) is 36.5 Å². The third kappa shape index (κ3) is 5.21. The van der Waals surface area contributed by atoms with Crippen molar-refractivity contribution in [2.75, 3.05) is 5.32 Å². The lowest BCUT2D eigenvalue weighted by atomic mass is 9.92. The molecule has 1 saturated carbocycles. The van der Waals surface area contributed by atoms with Crippen molar-refractivity contribution in [1.29, 1.82) is 0 Å². The molecule has 2 aromatic rings. The first-order chi connectivity index (χ1) is 12.2. The van der Waals surface area contributed by atoms with Crippen LogP contribution in [0.15, 0.2) is 22.7 Å². The summed E-state index contributed by atoms with van der Waals surface area (Å²) in [4.78, 5) is 16.6. The lowest BCUT2D eigenvalue weighted by Crippen LogP contribution is -2.34. The summed E-state index contributed by atoms with van der Waals surface area (Å²) in [5, 5.41) is 7.44. The fourth-order valence-corrected chi connectivity index (χ4v) is 3.42. The molecule has 1 aromatic heterocycles. The number of carbonyl (C=O) groups excluding carboxylic acids is 1. The van der Waals surface area contributed by atoms with Gasteiger partial charge in [-0.15, -0.1) is 12.4 Å². The fourth-order valence-electron chi connectivity index (χ4n) is 3.22. The second-order valence-corrected chi connectivity index (χ2v) is 8.67. The van der Waals surface area contributed by atoms with Gasteiger partial charge in [0.1, 0.15) is 0 Å². The highest BCUT2D eigenvalue weighted by Gasteiger charge is 2.36. The van der Waals surface area contributed by atoms with Gasteiger partial charge in [-0.25, -0.2) is 0 Å². The van der Waals surface area contributed by atoms with Crippen molar-refractivity contribution in [1.82, 2.24) is 10.1 Å². The lowest BCUT2D eigenvalue weighted by Gasteiger charge is -2.18. The molecule has 0 radical (unpaired) electrons. The van der Waals surface area contributed by atoms with Crippen molar-refractivity contribution in [2.45, 2.75) is 58.4 Å². The number of nitrogens with zero attached hydrogens (tertiary/aromatic N) is 2. The van der Waals surface area contributed by atoms with E-state index in [1.165, 1.54) is 0 Å². The van der Waals surface area contributed by atoms with E-state index < -0.39 is 5.54 Å². The summed E-state index contributed by atoms with van der Waals surface area (Å²) in [5.41, 5.74) is 7.01. The van der Waals surface area contributed by atoms with E-state index >= 15 is 0 Å². The Labute approximate surface area is 170 Å². The summed E-state index contributed by atoms with van der Waals surface area (Å²) < 4.78 is 5.41. The molecule has 0 spiro atoms. The molecule has 0 bridgehead atoms. The monoisotopic (exact) mass is 412 g/mol. The minimum Gasteiger partial charge on any atom is -0.334 e. The smallest absolute Gasteiger partial charge is 0.259 e. The van der Waals surface area contributed by atoms with Crippen LogP contribution < -0.4 is 11.1 Å². The first kappa shape index (κ1) is 21.7. The van der Waals surface area contributed by atoms with Crippen molar-refractivity contribution in [2.24, 2.45) is 11.1 Å². The Morgan fingerprint density at radius 2 is 2.00 bits per heavy atom. The molecule has 3 N–H and O–H groups in total. The first-order valence-electron chi connectivity index (χ1n) is 8.89. The Morgan fingerprint density at radius 1 is 1.33 bits per heavy atom. The van der Waals surface area contributed by atoms with E-state index in [1.807, 2.05) is 20.8 Å². The lowest BCUT2D eigenvalue weighted by molar-refractivity contribution is -0.117. The number of aromatic nitrogens is 2. The normalized spacial score (nSPS) is 16.0. The average molecular weight is 413 g/mol. The molecule has 0 aliphatic heterocycles. The molecule has 1 fully saturated rings. The van der Waals surface area contributed by atoms with Gasteiger partial charge in [0.25, 0.3) is 5.89 Å². The highest BCUT2D eigenvalue weighted by atomic mass is 35.5. The van der Waals surface area contributed by atoms with Crippen LogP contribution in [-0.2, 0) is 10.3 Å². The van der Waals surface area contributed by atoms with E-state index in [2.05, 4.69) is 15.5 Å². The molecule has 27 heavy (non-hydrogen) atoms. The standard InChI is InChI=1S/C19H25ClN4O2.ClH/c1-18(2,3)11-15(25)22-12-6-7-14(20)13(10-12)16-23-17(24-26-16)19(21)8-4-5-9-19;/h6-7,10H,4-5,8-9,11,21H2,1-3H3,(H,22,25);1H. The number of halogens is 2. The zero-order valence-corrected chi connectivity index (χ0v) is 17.4. The minimum absolute atomic E-state index is 0. The Kier molecular flexibility index (Phi) is 6.55. The van der Waals surface area contributed by atoms with Gasteiger partial charge in [-0.1, -0.05) is 50.4 Å². The molecule has 3 rings (SSSR count). The molecule has 1 aliphatic carbocycles. The zero-order valence-electron chi connectivity index (χ0n) is 15.8. The number of nitrogens with two attached hydrogens (primary N) is 1. The maximum atomic E-state index is 12.2. The van der Waals surface area contributed by atoms with Crippen LogP contribution in [0.25, 0.3) is 11.5 Å². The summed E-state index contributed by atoms with van der Waals surface area (Å²) >= 11 is 6.31. The summed E-state index contributed by atoms with van der Waals surface area (Å²) in [7, 11) is 0. The van der Waals surface area contributed by atoms with E-state index in [0.29, 0.717) is 34.4 Å². The van der Waals surface area contributed by atoms with Crippen LogP contribution >= 0.6 is 24.0 Å². The predicted octanol–water partition coefficient (Wildman–Crippen LogP) is 4.91. The van der Waals surface area contributed by atoms with E-state index in [1.54, 1.807) is 18.2 Å². The highest BCUT2D eigenvalue weighted by molar-refractivity contribution is 6.33. The molecular formula is C19H26Cl2N4O2. The topological polar surface area (TPSA) is 94.0 Å². The number of hydrogen-bond donors (Lipinski definition) is 2. The highest BCUT2D eigenvalue weighted by Crippen LogP contribution is 2.37. The van der Waals surface area contributed by atoms with Gasteiger partial charge in [0, 0.05) is 12.1 Å². The SMILES string of the molecule is CC(C)(C)CC(=O)Nc1ccc(Cl)c(-c2nc(C3(N)CCCC3)no2)c1.Cl. The molecule has 0 saturated heterocycles. The van der Waals surface area contributed by atoms with Crippen molar-refractivity contribution < 1.29 is 9.32 Å². The van der Waals surface area contributed by atoms with Gasteiger partial charge >= 0.3 is 0 Å². The maximum absolute atomic E-state index is 12.2. The number of benzene rings is 1. The molecule has 148 valence electrons. The van der Waals surface area contributed by atoms with Crippen LogP contribution in [0.5, 0.6) is 0 Å². The van der Waals surface area contributed by atoms with Gasteiger partial charge in [-0.3, -0.25) is 4.79 Å². The van der Waals surface area contributed by atoms with Crippen molar-refractivity contribution in [3.63, 3.8) is 0 Å².